The molecule has 1 aliphatic rings. The second kappa shape index (κ2) is 7.27. The number of nitrogens with one attached hydrogen (secondary N) is 1. The smallest absolute Gasteiger partial charge is 0.223 e. The first-order valence-corrected chi connectivity index (χ1v) is 8.12. The van der Waals surface area contributed by atoms with Crippen LogP contribution in [-0.2, 0) is 4.79 Å². The second-order valence-electron chi connectivity index (χ2n) is 5.98. The maximum absolute atomic E-state index is 12.6. The monoisotopic (exact) mass is 310 g/mol. The van der Waals surface area contributed by atoms with E-state index < -0.39 is 0 Å². The van der Waals surface area contributed by atoms with Crippen molar-refractivity contribution in [1.82, 2.24) is 10.3 Å². The van der Waals surface area contributed by atoms with Crippen molar-refractivity contribution in [2.24, 2.45) is 5.92 Å². The van der Waals surface area contributed by atoms with E-state index in [9.17, 15) is 4.79 Å². The quantitative estimate of drug-likeness (QED) is 0.920. The molecule has 0 unspecified atom stereocenters. The molecule has 1 saturated carbocycles. The van der Waals surface area contributed by atoms with Gasteiger partial charge < -0.3 is 10.1 Å². The molecular formula is C19H22N2O2. The highest BCUT2D eigenvalue weighted by molar-refractivity contribution is 5.79. The number of pyridine rings is 1. The molecule has 0 bridgehead atoms. The van der Waals surface area contributed by atoms with Crippen molar-refractivity contribution in [2.45, 2.75) is 31.7 Å². The van der Waals surface area contributed by atoms with E-state index in [1.165, 1.54) is 0 Å². The van der Waals surface area contributed by atoms with E-state index in [-0.39, 0.29) is 17.9 Å². The fourth-order valence-corrected chi connectivity index (χ4v) is 3.16. The van der Waals surface area contributed by atoms with Crippen LogP contribution < -0.4 is 10.1 Å². The number of methoxy groups -OCH3 is 1. The van der Waals surface area contributed by atoms with Gasteiger partial charge in [0.2, 0.25) is 5.91 Å². The Labute approximate surface area is 136 Å². The Bertz CT molecular complexity index is 634. The Morgan fingerprint density at radius 1 is 1.09 bits per heavy atom. The molecule has 1 N–H and O–H groups in total. The summed E-state index contributed by atoms with van der Waals surface area (Å²) in [6, 6.07) is 11.6. The second-order valence-corrected chi connectivity index (χ2v) is 5.98. The first-order valence-electron chi connectivity index (χ1n) is 8.12. The van der Waals surface area contributed by atoms with Gasteiger partial charge in [-0.1, -0.05) is 25.0 Å². The van der Waals surface area contributed by atoms with Gasteiger partial charge >= 0.3 is 0 Å². The van der Waals surface area contributed by atoms with Gasteiger partial charge in [0.1, 0.15) is 5.75 Å². The van der Waals surface area contributed by atoms with Crippen molar-refractivity contribution in [3.05, 3.63) is 59.9 Å². The van der Waals surface area contributed by atoms with Gasteiger partial charge in [0.25, 0.3) is 0 Å². The van der Waals surface area contributed by atoms with Crippen LogP contribution in [0.3, 0.4) is 0 Å². The molecule has 23 heavy (non-hydrogen) atoms. The molecule has 3 rings (SSSR count). The average molecular weight is 310 g/mol. The Morgan fingerprint density at radius 3 is 2.30 bits per heavy atom. The molecule has 0 spiro atoms. The van der Waals surface area contributed by atoms with Crippen molar-refractivity contribution < 1.29 is 9.53 Å². The first-order chi connectivity index (χ1) is 11.3. The lowest BCUT2D eigenvalue weighted by molar-refractivity contribution is -0.125. The van der Waals surface area contributed by atoms with Crippen LogP contribution in [0, 0.1) is 5.92 Å². The third kappa shape index (κ3) is 3.70. The van der Waals surface area contributed by atoms with Gasteiger partial charge in [0, 0.05) is 18.3 Å². The Morgan fingerprint density at radius 2 is 1.70 bits per heavy atom. The van der Waals surface area contributed by atoms with E-state index in [0.29, 0.717) is 0 Å². The number of carbonyl (C=O) groups is 1. The SMILES string of the molecule is COc1ccc([C@@H](NC(=O)C2CCCC2)c2ccncc2)cc1. The van der Waals surface area contributed by atoms with Gasteiger partial charge in [0.05, 0.1) is 13.2 Å². The summed E-state index contributed by atoms with van der Waals surface area (Å²) in [7, 11) is 1.65. The molecule has 1 fully saturated rings. The van der Waals surface area contributed by atoms with Crippen LogP contribution >= 0.6 is 0 Å². The van der Waals surface area contributed by atoms with Crippen molar-refractivity contribution in [2.75, 3.05) is 7.11 Å². The lowest BCUT2D eigenvalue weighted by Gasteiger charge is -2.22. The number of benzene rings is 1. The zero-order chi connectivity index (χ0) is 16.1. The van der Waals surface area contributed by atoms with Crippen molar-refractivity contribution >= 4 is 5.91 Å². The number of rotatable bonds is 5. The Balaban J connectivity index is 1.85. The molecule has 1 amide bonds. The van der Waals surface area contributed by atoms with Crippen molar-refractivity contribution in [3.8, 4) is 5.75 Å². The molecule has 1 atom stereocenters. The molecule has 4 heteroatoms. The topological polar surface area (TPSA) is 51.2 Å². The zero-order valence-corrected chi connectivity index (χ0v) is 13.4. The van der Waals surface area contributed by atoms with Crippen LogP contribution in [0.2, 0.25) is 0 Å². The van der Waals surface area contributed by atoms with Gasteiger partial charge in [0.15, 0.2) is 0 Å². The summed E-state index contributed by atoms with van der Waals surface area (Å²) in [6.45, 7) is 0. The predicted octanol–water partition coefficient (Wildman–Crippen LogP) is 3.49. The Hall–Kier alpha value is -2.36. The summed E-state index contributed by atoms with van der Waals surface area (Å²) < 4.78 is 5.22. The molecule has 0 saturated heterocycles. The number of amides is 1. The van der Waals surface area contributed by atoms with E-state index in [0.717, 1.165) is 42.6 Å². The molecule has 120 valence electrons. The largest absolute Gasteiger partial charge is 0.497 e. The molecule has 1 aromatic heterocycles. The third-order valence-electron chi connectivity index (χ3n) is 4.50. The molecule has 1 aliphatic carbocycles. The molecule has 4 nitrogen and oxygen atoms in total. The van der Waals surface area contributed by atoms with Gasteiger partial charge in [-0.3, -0.25) is 9.78 Å². The van der Waals surface area contributed by atoms with Crippen molar-refractivity contribution in [3.63, 3.8) is 0 Å². The number of carbonyl (C=O) groups excluding carboxylic acids is 1. The number of nitrogens with zero attached hydrogens (tertiary/aromatic N) is 1. The van der Waals surface area contributed by atoms with Gasteiger partial charge in [-0.25, -0.2) is 0 Å². The van der Waals surface area contributed by atoms with Crippen molar-refractivity contribution in [1.29, 1.82) is 0 Å². The van der Waals surface area contributed by atoms with Crippen LogP contribution in [0.25, 0.3) is 0 Å². The number of aromatic nitrogens is 1. The lowest BCUT2D eigenvalue weighted by atomic mass is 9.98. The van der Waals surface area contributed by atoms with E-state index in [4.69, 9.17) is 4.74 Å². The maximum Gasteiger partial charge on any atom is 0.223 e. The molecule has 1 heterocycles. The lowest BCUT2D eigenvalue weighted by Crippen LogP contribution is -2.33. The van der Waals surface area contributed by atoms with Gasteiger partial charge in [-0.05, 0) is 48.2 Å². The Kier molecular flexibility index (Phi) is 4.91. The van der Waals surface area contributed by atoms with E-state index >= 15 is 0 Å². The third-order valence-corrected chi connectivity index (χ3v) is 4.50. The summed E-state index contributed by atoms with van der Waals surface area (Å²) in [5.74, 6) is 1.11. The minimum atomic E-state index is -0.156. The minimum Gasteiger partial charge on any atom is -0.497 e. The first kappa shape index (κ1) is 15.5. The zero-order valence-electron chi connectivity index (χ0n) is 13.4. The predicted molar refractivity (Wildman–Crippen MR) is 89.2 cm³/mol. The highest BCUT2D eigenvalue weighted by Crippen LogP contribution is 2.28. The van der Waals surface area contributed by atoms with Crippen LogP contribution in [0.5, 0.6) is 5.75 Å². The summed E-state index contributed by atoms with van der Waals surface area (Å²) in [5.41, 5.74) is 2.08. The van der Waals surface area contributed by atoms with E-state index in [1.54, 1.807) is 19.5 Å². The summed E-state index contributed by atoms with van der Waals surface area (Å²) in [6.07, 6.45) is 7.82. The summed E-state index contributed by atoms with van der Waals surface area (Å²) in [4.78, 5) is 16.6. The average Bonchev–Trinajstić information content (AvgIpc) is 3.15. The van der Waals surface area contributed by atoms with Crippen LogP contribution in [-0.4, -0.2) is 18.0 Å². The maximum atomic E-state index is 12.6. The number of ether oxygens (including phenoxy) is 1. The van der Waals surface area contributed by atoms with Gasteiger partial charge in [-0.2, -0.15) is 0 Å². The molecule has 0 radical (unpaired) electrons. The standard InChI is InChI=1S/C19H22N2O2/c1-23-17-8-6-14(7-9-17)18(15-10-12-20-13-11-15)21-19(22)16-4-2-3-5-16/h6-13,16,18H,2-5H2,1H3,(H,21,22)/t18-/m1/s1. The molecule has 2 aromatic rings. The fourth-order valence-electron chi connectivity index (χ4n) is 3.16. The molecular weight excluding hydrogens is 288 g/mol. The molecule has 1 aromatic carbocycles. The number of hydrogen-bond donors (Lipinski definition) is 1. The normalized spacial score (nSPS) is 16.0. The van der Waals surface area contributed by atoms with E-state index in [2.05, 4.69) is 10.3 Å². The number of hydrogen-bond acceptors (Lipinski definition) is 3. The fraction of sp³-hybridized carbons (Fsp3) is 0.368. The van der Waals surface area contributed by atoms with Crippen LogP contribution in [0.1, 0.15) is 42.9 Å². The van der Waals surface area contributed by atoms with E-state index in [1.807, 2.05) is 36.4 Å². The summed E-state index contributed by atoms with van der Waals surface area (Å²) >= 11 is 0. The van der Waals surface area contributed by atoms with Gasteiger partial charge in [-0.15, -0.1) is 0 Å². The van der Waals surface area contributed by atoms with Crippen LogP contribution in [0.15, 0.2) is 48.8 Å². The van der Waals surface area contributed by atoms with Crippen LogP contribution in [0.4, 0.5) is 0 Å². The minimum absolute atomic E-state index is 0.151. The summed E-state index contributed by atoms with van der Waals surface area (Å²) in [5, 5.41) is 3.22. The highest BCUT2D eigenvalue weighted by Gasteiger charge is 2.25. The highest BCUT2D eigenvalue weighted by atomic mass is 16.5. The molecule has 0 aliphatic heterocycles.